The number of rotatable bonds is 6. The van der Waals surface area contributed by atoms with Crippen molar-refractivity contribution in [3.63, 3.8) is 0 Å². The van der Waals surface area contributed by atoms with E-state index in [1.165, 1.54) is 11.9 Å². The Morgan fingerprint density at radius 1 is 1.25 bits per heavy atom. The summed E-state index contributed by atoms with van der Waals surface area (Å²) in [7, 11) is 2.14. The molecule has 6 nitrogen and oxygen atoms in total. The highest BCUT2D eigenvalue weighted by molar-refractivity contribution is 5.97. The third-order valence-corrected chi connectivity index (χ3v) is 4.02. The van der Waals surface area contributed by atoms with E-state index in [-0.39, 0.29) is 11.5 Å². The maximum Gasteiger partial charge on any atom is 0.263 e. The van der Waals surface area contributed by atoms with Crippen LogP contribution in [0.4, 0.5) is 11.4 Å². The van der Waals surface area contributed by atoms with Crippen molar-refractivity contribution in [2.45, 2.75) is 13.3 Å². The smallest absolute Gasteiger partial charge is 0.263 e. The van der Waals surface area contributed by atoms with E-state index in [0.717, 1.165) is 38.3 Å². The van der Waals surface area contributed by atoms with Gasteiger partial charge in [0.25, 0.3) is 5.91 Å². The number of carbonyl (C=O) groups is 1. The summed E-state index contributed by atoms with van der Waals surface area (Å²) < 4.78 is 0. The molecule has 1 heterocycles. The first-order valence-electron chi connectivity index (χ1n) is 8.32. The van der Waals surface area contributed by atoms with Crippen LogP contribution in [0.3, 0.4) is 0 Å². The number of hydrogen-bond acceptors (Lipinski definition) is 5. The van der Waals surface area contributed by atoms with Gasteiger partial charge in [-0.25, -0.2) is 0 Å². The molecule has 1 aliphatic heterocycles. The molecule has 0 radical (unpaired) electrons. The minimum Gasteiger partial charge on any atom is -0.369 e. The van der Waals surface area contributed by atoms with Crippen LogP contribution in [0, 0.1) is 11.3 Å². The van der Waals surface area contributed by atoms with Gasteiger partial charge in [-0.05, 0) is 37.7 Å². The second-order valence-corrected chi connectivity index (χ2v) is 5.91. The van der Waals surface area contributed by atoms with Crippen LogP contribution in [0.25, 0.3) is 0 Å². The Labute approximate surface area is 143 Å². The Kier molecular flexibility index (Phi) is 6.64. The van der Waals surface area contributed by atoms with Gasteiger partial charge in [-0.3, -0.25) is 4.79 Å². The van der Waals surface area contributed by atoms with E-state index in [9.17, 15) is 4.79 Å². The Hall–Kier alpha value is -2.52. The summed E-state index contributed by atoms with van der Waals surface area (Å²) in [5, 5.41) is 14.8. The average molecular weight is 327 g/mol. The topological polar surface area (TPSA) is 71.4 Å². The van der Waals surface area contributed by atoms with Crippen LogP contribution in [0.15, 0.2) is 36.0 Å². The molecule has 128 valence electrons. The van der Waals surface area contributed by atoms with Gasteiger partial charge in [0.15, 0.2) is 0 Å². The van der Waals surface area contributed by atoms with Crippen molar-refractivity contribution >= 4 is 17.3 Å². The SMILES string of the molecule is CCCNC(=O)/C(C#N)=C\Nc1ccc(N2CCN(C)CC2)cc1. The fourth-order valence-electron chi connectivity index (χ4n) is 2.47. The molecule has 1 fully saturated rings. The summed E-state index contributed by atoms with van der Waals surface area (Å²) in [6.07, 6.45) is 2.29. The number of nitrogens with zero attached hydrogens (tertiary/aromatic N) is 3. The Morgan fingerprint density at radius 3 is 2.50 bits per heavy atom. The Morgan fingerprint density at radius 2 is 1.92 bits per heavy atom. The van der Waals surface area contributed by atoms with Gasteiger partial charge in [0, 0.05) is 50.3 Å². The van der Waals surface area contributed by atoms with Crippen molar-refractivity contribution in [1.82, 2.24) is 10.2 Å². The van der Waals surface area contributed by atoms with Crippen molar-refractivity contribution in [1.29, 1.82) is 5.26 Å². The number of hydrogen-bond donors (Lipinski definition) is 2. The van der Waals surface area contributed by atoms with Crippen LogP contribution in [0.1, 0.15) is 13.3 Å². The highest BCUT2D eigenvalue weighted by Gasteiger charge is 2.14. The predicted octanol–water partition coefficient (Wildman–Crippen LogP) is 1.78. The lowest BCUT2D eigenvalue weighted by Gasteiger charge is -2.34. The minimum absolute atomic E-state index is 0.0756. The molecular weight excluding hydrogens is 302 g/mol. The van der Waals surface area contributed by atoms with Gasteiger partial charge >= 0.3 is 0 Å². The number of carbonyl (C=O) groups excluding carboxylic acids is 1. The van der Waals surface area contributed by atoms with E-state index in [0.29, 0.717) is 6.54 Å². The minimum atomic E-state index is -0.346. The van der Waals surface area contributed by atoms with Crippen LogP contribution >= 0.6 is 0 Å². The second-order valence-electron chi connectivity index (χ2n) is 5.91. The first-order chi connectivity index (χ1) is 11.6. The second kappa shape index (κ2) is 8.94. The van der Waals surface area contributed by atoms with Crippen molar-refractivity contribution in [2.24, 2.45) is 0 Å². The summed E-state index contributed by atoms with van der Waals surface area (Å²) in [4.78, 5) is 16.5. The summed E-state index contributed by atoms with van der Waals surface area (Å²) >= 11 is 0. The monoisotopic (exact) mass is 327 g/mol. The molecule has 0 bridgehead atoms. The molecule has 1 saturated heterocycles. The van der Waals surface area contributed by atoms with Crippen LogP contribution in [0.5, 0.6) is 0 Å². The number of nitriles is 1. The molecule has 1 amide bonds. The van der Waals surface area contributed by atoms with Crippen molar-refractivity contribution < 1.29 is 4.79 Å². The molecule has 0 aromatic heterocycles. The molecular formula is C18H25N5O. The summed E-state index contributed by atoms with van der Waals surface area (Å²) in [6.45, 7) is 6.73. The van der Waals surface area contributed by atoms with Gasteiger partial charge in [-0.1, -0.05) is 6.92 Å². The zero-order valence-electron chi connectivity index (χ0n) is 14.4. The maximum absolute atomic E-state index is 11.8. The standard InChI is InChI=1S/C18H25N5O/c1-3-8-20-18(24)15(13-19)14-21-16-4-6-17(7-5-16)23-11-9-22(2)10-12-23/h4-7,14,21H,3,8-12H2,1-2H3,(H,20,24)/b15-14-. The van der Waals surface area contributed by atoms with Gasteiger partial charge in [0.2, 0.25) is 0 Å². The quantitative estimate of drug-likeness (QED) is 0.616. The normalized spacial score (nSPS) is 15.7. The van der Waals surface area contributed by atoms with Gasteiger partial charge < -0.3 is 20.4 Å². The fourth-order valence-corrected chi connectivity index (χ4v) is 2.47. The lowest BCUT2D eigenvalue weighted by molar-refractivity contribution is -0.117. The average Bonchev–Trinajstić information content (AvgIpc) is 2.61. The zero-order chi connectivity index (χ0) is 17.4. The third kappa shape index (κ3) is 5.00. The van der Waals surface area contributed by atoms with Gasteiger partial charge in [-0.15, -0.1) is 0 Å². The van der Waals surface area contributed by atoms with Crippen LogP contribution in [0.2, 0.25) is 0 Å². The largest absolute Gasteiger partial charge is 0.369 e. The van der Waals surface area contributed by atoms with E-state index in [4.69, 9.17) is 5.26 Å². The van der Waals surface area contributed by atoms with Crippen molar-refractivity contribution in [3.8, 4) is 6.07 Å². The summed E-state index contributed by atoms with van der Waals surface area (Å²) in [6, 6.07) is 9.97. The van der Waals surface area contributed by atoms with E-state index in [1.54, 1.807) is 0 Å². The van der Waals surface area contributed by atoms with Crippen LogP contribution in [-0.4, -0.2) is 50.6 Å². The molecule has 1 aromatic carbocycles. The van der Waals surface area contributed by atoms with Gasteiger partial charge in [-0.2, -0.15) is 5.26 Å². The lowest BCUT2D eigenvalue weighted by Crippen LogP contribution is -2.44. The molecule has 2 N–H and O–H groups in total. The third-order valence-electron chi connectivity index (χ3n) is 4.02. The fraction of sp³-hybridized carbons (Fsp3) is 0.444. The molecule has 0 aliphatic carbocycles. The number of amides is 1. The molecule has 1 aliphatic rings. The Bertz CT molecular complexity index is 609. The highest BCUT2D eigenvalue weighted by atomic mass is 16.1. The van der Waals surface area contributed by atoms with Gasteiger partial charge in [0.05, 0.1) is 0 Å². The van der Waals surface area contributed by atoms with E-state index >= 15 is 0 Å². The van der Waals surface area contributed by atoms with E-state index in [2.05, 4.69) is 39.6 Å². The molecule has 0 atom stereocenters. The highest BCUT2D eigenvalue weighted by Crippen LogP contribution is 2.19. The van der Waals surface area contributed by atoms with Crippen molar-refractivity contribution in [3.05, 3.63) is 36.0 Å². The lowest BCUT2D eigenvalue weighted by atomic mass is 10.2. The number of anilines is 2. The number of likely N-dealkylation sites (N-methyl/N-ethyl adjacent to an activating group) is 1. The molecule has 0 spiro atoms. The van der Waals surface area contributed by atoms with Crippen molar-refractivity contribution in [2.75, 3.05) is 50.0 Å². The molecule has 24 heavy (non-hydrogen) atoms. The number of piperazine rings is 1. The first kappa shape index (κ1) is 17.8. The van der Waals surface area contributed by atoms with E-state index in [1.807, 2.05) is 25.1 Å². The number of nitrogens with one attached hydrogen (secondary N) is 2. The maximum atomic E-state index is 11.8. The summed E-state index contributed by atoms with van der Waals surface area (Å²) in [5.41, 5.74) is 2.12. The van der Waals surface area contributed by atoms with Crippen LogP contribution < -0.4 is 15.5 Å². The Balaban J connectivity index is 1.94. The number of benzene rings is 1. The predicted molar refractivity (Wildman–Crippen MR) is 96.8 cm³/mol. The molecule has 2 rings (SSSR count). The first-order valence-corrected chi connectivity index (χ1v) is 8.32. The molecule has 0 unspecified atom stereocenters. The molecule has 6 heteroatoms. The van der Waals surface area contributed by atoms with Crippen LogP contribution in [-0.2, 0) is 4.79 Å². The summed E-state index contributed by atoms with van der Waals surface area (Å²) in [5.74, 6) is -0.346. The van der Waals surface area contributed by atoms with E-state index < -0.39 is 0 Å². The molecule has 0 saturated carbocycles. The molecule has 1 aromatic rings. The van der Waals surface area contributed by atoms with Gasteiger partial charge in [0.1, 0.15) is 11.6 Å². The zero-order valence-corrected chi connectivity index (χ0v) is 14.4.